The number of nitrogens with one attached hydrogen (secondary N) is 1. The number of hydrogen-bond acceptors (Lipinski definition) is 3. The maximum absolute atomic E-state index is 11.0. The van der Waals surface area contributed by atoms with E-state index < -0.39 is 5.97 Å². The molecule has 0 bridgehead atoms. The summed E-state index contributed by atoms with van der Waals surface area (Å²) in [7, 11) is 0. The number of H-pyrrole nitrogens is 1. The molecular formula is C13H10N2O3. The Morgan fingerprint density at radius 1 is 1.39 bits per heavy atom. The van der Waals surface area contributed by atoms with Gasteiger partial charge >= 0.3 is 5.97 Å². The Morgan fingerprint density at radius 3 is 2.94 bits per heavy atom. The third-order valence-electron chi connectivity index (χ3n) is 2.95. The summed E-state index contributed by atoms with van der Waals surface area (Å²) in [4.78, 5) is 11.0. The first-order valence-electron chi connectivity index (χ1n) is 5.42. The number of aromatic carboxylic acids is 1. The Bertz CT molecular complexity index is 740. The van der Waals surface area contributed by atoms with Crippen molar-refractivity contribution in [1.82, 2.24) is 10.2 Å². The van der Waals surface area contributed by atoms with Crippen molar-refractivity contribution in [3.63, 3.8) is 0 Å². The van der Waals surface area contributed by atoms with Crippen molar-refractivity contribution in [1.29, 1.82) is 0 Å². The molecule has 90 valence electrons. The average Bonchev–Trinajstić information content (AvgIpc) is 2.93. The molecule has 0 amide bonds. The lowest BCUT2D eigenvalue weighted by Gasteiger charge is -1.98. The average molecular weight is 242 g/mol. The van der Waals surface area contributed by atoms with E-state index in [1.165, 1.54) is 0 Å². The molecule has 2 aromatic heterocycles. The van der Waals surface area contributed by atoms with E-state index in [0.717, 1.165) is 16.5 Å². The normalized spacial score (nSPS) is 10.9. The minimum Gasteiger partial charge on any atom is -0.477 e. The van der Waals surface area contributed by atoms with E-state index in [4.69, 9.17) is 9.52 Å². The summed E-state index contributed by atoms with van der Waals surface area (Å²) in [6.07, 6.45) is 1.62. The van der Waals surface area contributed by atoms with Crippen molar-refractivity contribution in [3.8, 4) is 11.3 Å². The number of hydrogen-bond donors (Lipinski definition) is 2. The van der Waals surface area contributed by atoms with Crippen LogP contribution in [0, 0.1) is 6.92 Å². The minimum atomic E-state index is -1.00. The highest BCUT2D eigenvalue weighted by Crippen LogP contribution is 2.27. The highest BCUT2D eigenvalue weighted by atomic mass is 16.4. The lowest BCUT2D eigenvalue weighted by molar-refractivity contribution is 0.0689. The van der Waals surface area contributed by atoms with E-state index in [9.17, 15) is 4.79 Å². The topological polar surface area (TPSA) is 79.1 Å². The molecule has 1 aromatic carbocycles. The SMILES string of the molecule is Cc1c(-c2ccc3occc3c2)n[nH]c1C(=O)O. The highest BCUT2D eigenvalue weighted by molar-refractivity contribution is 5.90. The van der Waals surface area contributed by atoms with Crippen LogP contribution < -0.4 is 0 Å². The molecule has 0 saturated heterocycles. The fourth-order valence-electron chi connectivity index (χ4n) is 2.00. The number of furan rings is 1. The molecule has 2 heterocycles. The molecular weight excluding hydrogens is 232 g/mol. The molecule has 0 aliphatic heterocycles. The summed E-state index contributed by atoms with van der Waals surface area (Å²) >= 11 is 0. The van der Waals surface area contributed by atoms with Gasteiger partial charge < -0.3 is 9.52 Å². The number of carboxylic acids is 1. The van der Waals surface area contributed by atoms with Gasteiger partial charge in [0.05, 0.1) is 12.0 Å². The summed E-state index contributed by atoms with van der Waals surface area (Å²) in [5.74, 6) is -1.00. The van der Waals surface area contributed by atoms with E-state index in [0.29, 0.717) is 11.3 Å². The molecule has 2 N–H and O–H groups in total. The van der Waals surface area contributed by atoms with Crippen LogP contribution >= 0.6 is 0 Å². The van der Waals surface area contributed by atoms with Crippen LogP contribution in [0.4, 0.5) is 0 Å². The number of aromatic nitrogens is 2. The predicted octanol–water partition coefficient (Wildman–Crippen LogP) is 2.83. The molecule has 0 spiro atoms. The zero-order valence-electron chi connectivity index (χ0n) is 9.60. The molecule has 0 aliphatic rings. The number of nitrogens with zero attached hydrogens (tertiary/aromatic N) is 1. The number of benzene rings is 1. The highest BCUT2D eigenvalue weighted by Gasteiger charge is 2.16. The van der Waals surface area contributed by atoms with Crippen LogP contribution in [0.2, 0.25) is 0 Å². The molecule has 5 heteroatoms. The van der Waals surface area contributed by atoms with E-state index in [1.807, 2.05) is 24.3 Å². The second-order valence-electron chi connectivity index (χ2n) is 4.05. The van der Waals surface area contributed by atoms with Gasteiger partial charge in [0, 0.05) is 16.5 Å². The Hall–Kier alpha value is -2.56. The third-order valence-corrected chi connectivity index (χ3v) is 2.95. The van der Waals surface area contributed by atoms with Gasteiger partial charge in [-0.3, -0.25) is 5.10 Å². The molecule has 0 aliphatic carbocycles. The summed E-state index contributed by atoms with van der Waals surface area (Å²) in [6, 6.07) is 7.49. The van der Waals surface area contributed by atoms with Gasteiger partial charge in [0.25, 0.3) is 0 Å². The molecule has 0 radical (unpaired) electrons. The van der Waals surface area contributed by atoms with Crippen LogP contribution in [0.25, 0.3) is 22.2 Å². The van der Waals surface area contributed by atoms with Crippen molar-refractivity contribution >= 4 is 16.9 Å². The van der Waals surface area contributed by atoms with Crippen LogP contribution in [0.5, 0.6) is 0 Å². The van der Waals surface area contributed by atoms with Crippen molar-refractivity contribution in [2.75, 3.05) is 0 Å². The van der Waals surface area contributed by atoms with Gasteiger partial charge in [0.2, 0.25) is 0 Å². The molecule has 0 saturated carbocycles. The Kier molecular flexibility index (Phi) is 2.19. The first kappa shape index (κ1) is 10.6. The monoisotopic (exact) mass is 242 g/mol. The first-order chi connectivity index (χ1) is 8.66. The van der Waals surface area contributed by atoms with Gasteiger partial charge in [-0.15, -0.1) is 0 Å². The minimum absolute atomic E-state index is 0.122. The van der Waals surface area contributed by atoms with Gasteiger partial charge in [-0.2, -0.15) is 5.10 Å². The zero-order chi connectivity index (χ0) is 12.7. The molecule has 18 heavy (non-hydrogen) atoms. The number of carboxylic acid groups (broad SMARTS) is 1. The van der Waals surface area contributed by atoms with Crippen molar-refractivity contribution in [2.24, 2.45) is 0 Å². The fraction of sp³-hybridized carbons (Fsp3) is 0.0769. The maximum Gasteiger partial charge on any atom is 0.354 e. The largest absolute Gasteiger partial charge is 0.477 e. The van der Waals surface area contributed by atoms with E-state index in [2.05, 4.69) is 10.2 Å². The zero-order valence-corrected chi connectivity index (χ0v) is 9.60. The second-order valence-corrected chi connectivity index (χ2v) is 4.05. The van der Waals surface area contributed by atoms with Gasteiger partial charge in [-0.25, -0.2) is 4.79 Å². The number of aromatic amines is 1. The van der Waals surface area contributed by atoms with E-state index in [-0.39, 0.29) is 5.69 Å². The summed E-state index contributed by atoms with van der Waals surface area (Å²) in [6.45, 7) is 1.74. The van der Waals surface area contributed by atoms with Crippen LogP contribution in [0.1, 0.15) is 16.1 Å². The van der Waals surface area contributed by atoms with E-state index in [1.54, 1.807) is 13.2 Å². The molecule has 3 rings (SSSR count). The van der Waals surface area contributed by atoms with E-state index >= 15 is 0 Å². The maximum atomic E-state index is 11.0. The predicted molar refractivity (Wildman–Crippen MR) is 65.5 cm³/mol. The summed E-state index contributed by atoms with van der Waals surface area (Å²) in [5.41, 5.74) is 3.06. The van der Waals surface area contributed by atoms with Crippen LogP contribution in [-0.4, -0.2) is 21.3 Å². The van der Waals surface area contributed by atoms with Crippen LogP contribution in [0.15, 0.2) is 34.9 Å². The molecule has 0 atom stereocenters. The van der Waals surface area contributed by atoms with Crippen molar-refractivity contribution in [2.45, 2.75) is 6.92 Å². The molecule has 3 aromatic rings. The van der Waals surface area contributed by atoms with Crippen LogP contribution in [-0.2, 0) is 0 Å². The van der Waals surface area contributed by atoms with Gasteiger partial charge in [0.1, 0.15) is 11.3 Å². The van der Waals surface area contributed by atoms with Gasteiger partial charge in [-0.1, -0.05) is 0 Å². The molecule has 0 fully saturated rings. The lowest BCUT2D eigenvalue weighted by atomic mass is 10.1. The fourth-order valence-corrected chi connectivity index (χ4v) is 2.00. The molecule has 5 nitrogen and oxygen atoms in total. The molecule has 0 unspecified atom stereocenters. The van der Waals surface area contributed by atoms with Crippen LogP contribution in [0.3, 0.4) is 0 Å². The van der Waals surface area contributed by atoms with Gasteiger partial charge in [0.15, 0.2) is 0 Å². The Balaban J connectivity index is 2.16. The smallest absolute Gasteiger partial charge is 0.354 e. The number of rotatable bonds is 2. The summed E-state index contributed by atoms with van der Waals surface area (Å²) in [5, 5.41) is 16.5. The quantitative estimate of drug-likeness (QED) is 0.724. The Morgan fingerprint density at radius 2 is 2.22 bits per heavy atom. The third kappa shape index (κ3) is 1.48. The van der Waals surface area contributed by atoms with Crippen molar-refractivity contribution < 1.29 is 14.3 Å². The summed E-state index contributed by atoms with van der Waals surface area (Å²) < 4.78 is 5.26. The standard InChI is InChI=1S/C13H10N2O3/c1-7-11(14-15-12(7)13(16)17)9-2-3-10-8(6-9)4-5-18-10/h2-6H,1H3,(H,14,15)(H,16,17). The lowest BCUT2D eigenvalue weighted by Crippen LogP contribution is -1.98. The number of carbonyl (C=O) groups is 1. The Labute approximate surface area is 102 Å². The van der Waals surface area contributed by atoms with Gasteiger partial charge in [-0.05, 0) is 31.2 Å². The van der Waals surface area contributed by atoms with Crippen molar-refractivity contribution in [3.05, 3.63) is 41.8 Å². The first-order valence-corrected chi connectivity index (χ1v) is 5.42. The number of fused-ring (bicyclic) bond motifs is 1. The second kappa shape index (κ2) is 3.73.